The number of benzene rings is 4. The van der Waals surface area contributed by atoms with Crippen molar-refractivity contribution in [3.05, 3.63) is 128 Å². The first-order valence-electron chi connectivity index (χ1n) is 14.6. The lowest BCUT2D eigenvalue weighted by Gasteiger charge is -2.35. The van der Waals surface area contributed by atoms with Crippen LogP contribution in [-0.2, 0) is 32.6 Å². The average Bonchev–Trinajstić information content (AvgIpc) is 2.97. The maximum atomic E-state index is 14.6. The highest BCUT2D eigenvalue weighted by Crippen LogP contribution is 2.30. The maximum absolute atomic E-state index is 14.6. The van der Waals surface area contributed by atoms with Gasteiger partial charge in [-0.1, -0.05) is 99.3 Å². The van der Waals surface area contributed by atoms with Crippen molar-refractivity contribution >= 4 is 66.7 Å². The molecule has 0 aliphatic carbocycles. The molecule has 4 aromatic carbocycles. The summed E-state index contributed by atoms with van der Waals surface area (Å²) in [6.45, 7) is 6.87. The molecule has 46 heavy (non-hydrogen) atoms. The molecule has 2 amide bonds. The number of carbonyl (C=O) groups excluding carboxylic acids is 2. The molecular weight excluding hydrogens is 709 g/mol. The second kappa shape index (κ2) is 15.0. The van der Waals surface area contributed by atoms with Crippen molar-refractivity contribution in [1.29, 1.82) is 0 Å². The van der Waals surface area contributed by atoms with Crippen LogP contribution in [0.3, 0.4) is 0 Å². The van der Waals surface area contributed by atoms with Gasteiger partial charge in [0.2, 0.25) is 11.8 Å². The first-order valence-corrected chi connectivity index (χ1v) is 17.6. The number of aryl methyl sites for hydroxylation is 1. The van der Waals surface area contributed by atoms with Crippen molar-refractivity contribution in [2.45, 2.75) is 57.1 Å². The molecule has 0 fully saturated rings. The van der Waals surface area contributed by atoms with Crippen molar-refractivity contribution < 1.29 is 18.0 Å². The first kappa shape index (κ1) is 35.5. The molecule has 0 saturated heterocycles. The molecule has 1 atom stereocenters. The molecular formula is C35H36BrCl2N3O4S. The molecule has 1 N–H and O–H groups in total. The van der Waals surface area contributed by atoms with E-state index in [2.05, 4.69) is 21.2 Å². The maximum Gasteiger partial charge on any atom is 0.264 e. The lowest BCUT2D eigenvalue weighted by molar-refractivity contribution is -0.140. The average molecular weight is 746 g/mol. The molecule has 0 unspecified atom stereocenters. The van der Waals surface area contributed by atoms with E-state index in [0.717, 1.165) is 25.5 Å². The van der Waals surface area contributed by atoms with Crippen molar-refractivity contribution in [1.82, 2.24) is 10.2 Å². The van der Waals surface area contributed by atoms with Gasteiger partial charge in [-0.2, -0.15) is 0 Å². The van der Waals surface area contributed by atoms with E-state index in [1.165, 1.54) is 35.2 Å². The standard InChI is InChI=1S/C35H36BrCl2N3O4S/c1-24-13-15-31(16-14-24)46(44,45)41(30-20-28(37)19-29(38)21-30)23-33(42)40(22-26-11-8-12-27(36)17-26)32(34(43)39-35(2,3)4)18-25-9-6-5-7-10-25/h5-17,19-21,32H,18,22-23H2,1-4H3,(H,39,43)/t32-/m1/s1. The van der Waals surface area contributed by atoms with E-state index in [0.29, 0.717) is 0 Å². The smallest absolute Gasteiger partial charge is 0.264 e. The van der Waals surface area contributed by atoms with Crippen LogP contribution in [0.1, 0.15) is 37.5 Å². The van der Waals surface area contributed by atoms with E-state index in [4.69, 9.17) is 23.2 Å². The Morgan fingerprint density at radius 2 is 1.46 bits per heavy atom. The molecule has 11 heteroatoms. The van der Waals surface area contributed by atoms with Gasteiger partial charge in [-0.25, -0.2) is 8.42 Å². The minimum Gasteiger partial charge on any atom is -0.350 e. The number of hydrogen-bond acceptors (Lipinski definition) is 4. The fourth-order valence-electron chi connectivity index (χ4n) is 4.89. The summed E-state index contributed by atoms with van der Waals surface area (Å²) in [5.41, 5.74) is 2.00. The zero-order valence-corrected chi connectivity index (χ0v) is 29.9. The molecule has 7 nitrogen and oxygen atoms in total. The van der Waals surface area contributed by atoms with E-state index >= 15 is 0 Å². The highest BCUT2D eigenvalue weighted by Gasteiger charge is 2.35. The highest BCUT2D eigenvalue weighted by molar-refractivity contribution is 9.10. The fourth-order valence-corrected chi connectivity index (χ4v) is 7.25. The molecule has 0 aliphatic rings. The largest absolute Gasteiger partial charge is 0.350 e. The third-order valence-electron chi connectivity index (χ3n) is 7.03. The van der Waals surface area contributed by atoms with Gasteiger partial charge in [0.15, 0.2) is 0 Å². The molecule has 4 rings (SSSR count). The summed E-state index contributed by atoms with van der Waals surface area (Å²) in [7, 11) is -4.29. The minimum absolute atomic E-state index is 0.00755. The Bertz CT molecular complexity index is 1780. The van der Waals surface area contributed by atoms with E-state index in [9.17, 15) is 18.0 Å². The molecule has 242 valence electrons. The van der Waals surface area contributed by atoms with Gasteiger partial charge in [0.1, 0.15) is 12.6 Å². The van der Waals surface area contributed by atoms with Gasteiger partial charge in [0.25, 0.3) is 10.0 Å². The summed E-state index contributed by atoms with van der Waals surface area (Å²) in [5.74, 6) is -0.949. The highest BCUT2D eigenvalue weighted by atomic mass is 79.9. The van der Waals surface area contributed by atoms with Crippen LogP contribution in [0.2, 0.25) is 10.0 Å². The first-order chi connectivity index (χ1) is 21.6. The van der Waals surface area contributed by atoms with Gasteiger partial charge in [0, 0.05) is 33.0 Å². The predicted octanol–water partition coefficient (Wildman–Crippen LogP) is 7.81. The molecule has 0 aromatic heterocycles. The van der Waals surface area contributed by atoms with Crippen LogP contribution in [0.15, 0.2) is 106 Å². The van der Waals surface area contributed by atoms with Crippen molar-refractivity contribution in [2.24, 2.45) is 0 Å². The number of carbonyl (C=O) groups is 2. The van der Waals surface area contributed by atoms with Crippen LogP contribution in [0, 0.1) is 6.92 Å². The topological polar surface area (TPSA) is 86.8 Å². The Hall–Kier alpha value is -3.37. The lowest BCUT2D eigenvalue weighted by atomic mass is 10.0. The van der Waals surface area contributed by atoms with Gasteiger partial charge in [-0.15, -0.1) is 0 Å². The number of rotatable bonds is 11. The molecule has 0 radical (unpaired) electrons. The third-order valence-corrected chi connectivity index (χ3v) is 9.75. The normalized spacial score (nSPS) is 12.3. The van der Waals surface area contributed by atoms with E-state index < -0.39 is 34.1 Å². The Kier molecular flexibility index (Phi) is 11.6. The minimum atomic E-state index is -4.29. The molecule has 0 bridgehead atoms. The van der Waals surface area contributed by atoms with Gasteiger partial charge < -0.3 is 10.2 Å². The molecule has 0 saturated carbocycles. The number of nitrogens with zero attached hydrogens (tertiary/aromatic N) is 2. The summed E-state index contributed by atoms with van der Waals surface area (Å²) in [4.78, 5) is 30.0. The molecule has 4 aromatic rings. The Morgan fingerprint density at radius 1 is 0.848 bits per heavy atom. The summed E-state index contributed by atoms with van der Waals surface area (Å²) < 4.78 is 30.2. The van der Waals surface area contributed by atoms with Crippen molar-refractivity contribution in [2.75, 3.05) is 10.8 Å². The monoisotopic (exact) mass is 743 g/mol. The van der Waals surface area contributed by atoms with Gasteiger partial charge >= 0.3 is 0 Å². The van der Waals surface area contributed by atoms with Crippen molar-refractivity contribution in [3.8, 4) is 0 Å². The lowest BCUT2D eigenvalue weighted by Crippen LogP contribution is -2.56. The van der Waals surface area contributed by atoms with Gasteiger partial charge in [-0.05, 0) is 81.3 Å². The quantitative estimate of drug-likeness (QED) is 0.170. The summed E-state index contributed by atoms with van der Waals surface area (Å²) in [5, 5.41) is 3.43. The SMILES string of the molecule is Cc1ccc(S(=O)(=O)N(CC(=O)N(Cc2cccc(Br)c2)[C@H](Cc2ccccc2)C(=O)NC(C)(C)C)c2cc(Cl)cc(Cl)c2)cc1. The Balaban J connectivity index is 1.84. The van der Waals surface area contributed by atoms with Gasteiger partial charge in [0.05, 0.1) is 10.6 Å². The van der Waals surface area contributed by atoms with Crippen LogP contribution in [0.25, 0.3) is 0 Å². The predicted molar refractivity (Wildman–Crippen MR) is 189 cm³/mol. The molecule has 0 heterocycles. The molecule has 0 spiro atoms. The summed E-state index contributed by atoms with van der Waals surface area (Å²) in [6, 6.07) is 26.6. The van der Waals surface area contributed by atoms with Crippen LogP contribution in [0.5, 0.6) is 0 Å². The number of anilines is 1. The number of hydrogen-bond donors (Lipinski definition) is 1. The Morgan fingerprint density at radius 3 is 2.04 bits per heavy atom. The van der Waals surface area contributed by atoms with Crippen LogP contribution >= 0.6 is 39.1 Å². The van der Waals surface area contributed by atoms with E-state index in [1.54, 1.807) is 12.1 Å². The van der Waals surface area contributed by atoms with Crippen LogP contribution in [-0.4, -0.2) is 43.3 Å². The zero-order chi connectivity index (χ0) is 33.6. The Labute approximate surface area is 289 Å². The number of halogens is 3. The number of amides is 2. The summed E-state index contributed by atoms with van der Waals surface area (Å²) in [6.07, 6.45) is 0.205. The van der Waals surface area contributed by atoms with E-state index in [-0.39, 0.29) is 39.5 Å². The number of sulfonamides is 1. The second-order valence-corrected chi connectivity index (χ2v) is 15.7. The van der Waals surface area contributed by atoms with Crippen LogP contribution in [0.4, 0.5) is 5.69 Å². The third kappa shape index (κ3) is 9.58. The van der Waals surface area contributed by atoms with E-state index in [1.807, 2.05) is 82.3 Å². The van der Waals surface area contributed by atoms with Crippen molar-refractivity contribution in [3.63, 3.8) is 0 Å². The fraction of sp³-hybridized carbons (Fsp3) is 0.257. The second-order valence-electron chi connectivity index (χ2n) is 12.0. The summed E-state index contributed by atoms with van der Waals surface area (Å²) >= 11 is 16.1. The van der Waals surface area contributed by atoms with Gasteiger partial charge in [-0.3, -0.25) is 13.9 Å². The molecule has 0 aliphatic heterocycles. The number of nitrogens with one attached hydrogen (secondary N) is 1. The zero-order valence-electron chi connectivity index (χ0n) is 26.0. The van der Waals surface area contributed by atoms with Crippen LogP contribution < -0.4 is 9.62 Å².